The Labute approximate surface area is 119 Å². The third kappa shape index (κ3) is 3.57. The van der Waals surface area contributed by atoms with E-state index in [1.807, 2.05) is 0 Å². The highest BCUT2D eigenvalue weighted by Crippen LogP contribution is 2.33. The maximum absolute atomic E-state index is 11.5. The van der Waals surface area contributed by atoms with Gasteiger partial charge in [0.15, 0.2) is 0 Å². The fourth-order valence-corrected chi connectivity index (χ4v) is 3.69. The first-order valence-electron chi connectivity index (χ1n) is 7.24. The van der Waals surface area contributed by atoms with E-state index in [1.165, 1.54) is 5.56 Å². The van der Waals surface area contributed by atoms with E-state index in [1.54, 1.807) is 11.3 Å². The van der Waals surface area contributed by atoms with Crippen LogP contribution in [0.4, 0.5) is 0 Å². The monoisotopic (exact) mass is 281 g/mol. The summed E-state index contributed by atoms with van der Waals surface area (Å²) in [5.74, 6) is -0.656. The Hall–Kier alpha value is -0.870. The Balaban J connectivity index is 2.17. The lowest BCUT2D eigenvalue weighted by molar-refractivity contribution is -0.146. The highest BCUT2D eigenvalue weighted by molar-refractivity contribution is 7.07. The number of likely N-dealkylation sites (tertiary alicyclic amines) is 1. The van der Waals surface area contributed by atoms with Crippen molar-refractivity contribution in [3.63, 3.8) is 0 Å². The number of carboxylic acids is 1. The number of rotatable bonds is 6. The number of hydrogen-bond acceptors (Lipinski definition) is 3. The molecule has 0 spiro atoms. The molecule has 19 heavy (non-hydrogen) atoms. The Morgan fingerprint density at radius 2 is 2.42 bits per heavy atom. The van der Waals surface area contributed by atoms with E-state index in [0.717, 1.165) is 45.1 Å². The van der Waals surface area contributed by atoms with Gasteiger partial charge in [-0.05, 0) is 48.2 Å². The summed E-state index contributed by atoms with van der Waals surface area (Å²) < 4.78 is 0. The van der Waals surface area contributed by atoms with Crippen LogP contribution in [-0.2, 0) is 4.79 Å². The predicted molar refractivity (Wildman–Crippen MR) is 78.6 cm³/mol. The first kappa shape index (κ1) is 14.5. The molecular formula is C15H23NO2S. The summed E-state index contributed by atoms with van der Waals surface area (Å²) in [5, 5.41) is 13.7. The summed E-state index contributed by atoms with van der Waals surface area (Å²) in [5.41, 5.74) is 1.30. The van der Waals surface area contributed by atoms with Crippen molar-refractivity contribution in [2.45, 2.75) is 57.5 Å². The van der Waals surface area contributed by atoms with E-state index < -0.39 is 5.97 Å². The van der Waals surface area contributed by atoms with Gasteiger partial charge in [-0.2, -0.15) is 11.3 Å². The minimum Gasteiger partial charge on any atom is -0.480 e. The number of aliphatic carboxylic acids is 1. The van der Waals surface area contributed by atoms with Crippen LogP contribution in [0.2, 0.25) is 0 Å². The molecule has 2 rings (SSSR count). The van der Waals surface area contributed by atoms with E-state index >= 15 is 0 Å². The zero-order valence-electron chi connectivity index (χ0n) is 11.5. The Morgan fingerprint density at radius 1 is 1.58 bits per heavy atom. The number of carboxylic acid groups (broad SMARTS) is 1. The van der Waals surface area contributed by atoms with Crippen LogP contribution in [0.25, 0.3) is 0 Å². The number of piperidine rings is 1. The van der Waals surface area contributed by atoms with Crippen LogP contribution in [-0.4, -0.2) is 28.6 Å². The highest BCUT2D eigenvalue weighted by Gasteiger charge is 2.33. The maximum atomic E-state index is 11.5. The largest absolute Gasteiger partial charge is 0.480 e. The van der Waals surface area contributed by atoms with Crippen molar-refractivity contribution in [2.75, 3.05) is 6.54 Å². The third-order valence-electron chi connectivity index (χ3n) is 3.99. The molecule has 0 bridgehead atoms. The molecule has 3 nitrogen and oxygen atoms in total. The van der Waals surface area contributed by atoms with Gasteiger partial charge in [0.2, 0.25) is 0 Å². The van der Waals surface area contributed by atoms with Gasteiger partial charge in [-0.3, -0.25) is 9.69 Å². The van der Waals surface area contributed by atoms with Crippen LogP contribution in [0.3, 0.4) is 0 Å². The molecule has 1 aromatic heterocycles. The molecular weight excluding hydrogens is 258 g/mol. The summed E-state index contributed by atoms with van der Waals surface area (Å²) in [6.07, 6.45) is 6.34. The van der Waals surface area contributed by atoms with Gasteiger partial charge < -0.3 is 5.11 Å². The first-order valence-corrected chi connectivity index (χ1v) is 8.19. The molecule has 2 atom stereocenters. The molecule has 1 aromatic rings. The Morgan fingerprint density at radius 3 is 3.05 bits per heavy atom. The number of nitrogens with zero attached hydrogens (tertiary/aromatic N) is 1. The molecule has 1 saturated heterocycles. The van der Waals surface area contributed by atoms with Crippen LogP contribution >= 0.6 is 11.3 Å². The number of carbonyl (C=O) groups is 1. The number of unbranched alkanes of at least 4 members (excludes halogenated alkanes) is 1. The van der Waals surface area contributed by atoms with Gasteiger partial charge in [0.25, 0.3) is 0 Å². The smallest absolute Gasteiger partial charge is 0.320 e. The van der Waals surface area contributed by atoms with Gasteiger partial charge in [0.05, 0.1) is 0 Å². The van der Waals surface area contributed by atoms with Crippen LogP contribution in [0.5, 0.6) is 0 Å². The van der Waals surface area contributed by atoms with Crippen molar-refractivity contribution >= 4 is 17.3 Å². The third-order valence-corrected chi connectivity index (χ3v) is 4.69. The molecule has 0 saturated carbocycles. The molecule has 1 aliphatic heterocycles. The first-order chi connectivity index (χ1) is 9.24. The van der Waals surface area contributed by atoms with Gasteiger partial charge in [-0.1, -0.05) is 26.2 Å². The van der Waals surface area contributed by atoms with Gasteiger partial charge in [0.1, 0.15) is 6.04 Å². The maximum Gasteiger partial charge on any atom is 0.320 e. The minimum absolute atomic E-state index is 0.285. The summed E-state index contributed by atoms with van der Waals surface area (Å²) in [6.45, 7) is 3.11. The normalized spacial score (nSPS) is 22.3. The molecule has 1 N–H and O–H groups in total. The SMILES string of the molecule is CCCCC(c1ccsc1)N1CCCCC1C(=O)O. The second kappa shape index (κ2) is 7.06. The summed E-state index contributed by atoms with van der Waals surface area (Å²) in [4.78, 5) is 13.7. The molecule has 4 heteroatoms. The van der Waals surface area contributed by atoms with Crippen molar-refractivity contribution in [1.29, 1.82) is 0 Å². The number of thiophene rings is 1. The molecule has 1 fully saturated rings. The van der Waals surface area contributed by atoms with Crippen LogP contribution in [0.15, 0.2) is 16.8 Å². The topological polar surface area (TPSA) is 40.5 Å². The second-order valence-electron chi connectivity index (χ2n) is 5.30. The van der Waals surface area contributed by atoms with Crippen LogP contribution in [0.1, 0.15) is 57.1 Å². The van der Waals surface area contributed by atoms with E-state index in [0.29, 0.717) is 0 Å². The summed E-state index contributed by atoms with van der Waals surface area (Å²) in [6, 6.07) is 2.14. The quantitative estimate of drug-likeness (QED) is 0.859. The molecule has 0 amide bonds. The van der Waals surface area contributed by atoms with Crippen molar-refractivity contribution in [3.8, 4) is 0 Å². The molecule has 0 aliphatic carbocycles. The lowest BCUT2D eigenvalue weighted by Crippen LogP contribution is -2.46. The minimum atomic E-state index is -0.656. The van der Waals surface area contributed by atoms with E-state index in [4.69, 9.17) is 0 Å². The highest BCUT2D eigenvalue weighted by atomic mass is 32.1. The zero-order chi connectivity index (χ0) is 13.7. The predicted octanol–water partition coefficient (Wildman–Crippen LogP) is 3.92. The standard InChI is InChI=1S/C15H23NO2S/c1-2-3-6-13(12-8-10-19-11-12)16-9-5-4-7-14(16)15(17)18/h8,10-11,13-14H,2-7,9H2,1H3,(H,17,18). The van der Waals surface area contributed by atoms with Gasteiger partial charge >= 0.3 is 5.97 Å². The molecule has 1 aliphatic rings. The van der Waals surface area contributed by atoms with Crippen LogP contribution < -0.4 is 0 Å². The van der Waals surface area contributed by atoms with E-state index in [2.05, 4.69) is 28.7 Å². The summed E-state index contributed by atoms with van der Waals surface area (Å²) >= 11 is 1.70. The Kier molecular flexibility index (Phi) is 5.40. The second-order valence-corrected chi connectivity index (χ2v) is 6.08. The van der Waals surface area contributed by atoms with Crippen molar-refractivity contribution in [3.05, 3.63) is 22.4 Å². The van der Waals surface area contributed by atoms with E-state index in [-0.39, 0.29) is 12.1 Å². The van der Waals surface area contributed by atoms with E-state index in [9.17, 15) is 9.90 Å². The fourth-order valence-electron chi connectivity index (χ4n) is 2.98. The van der Waals surface area contributed by atoms with Crippen molar-refractivity contribution in [2.24, 2.45) is 0 Å². The zero-order valence-corrected chi connectivity index (χ0v) is 12.4. The molecule has 0 radical (unpaired) electrons. The molecule has 2 unspecified atom stereocenters. The average molecular weight is 281 g/mol. The van der Waals surface area contributed by atoms with Crippen molar-refractivity contribution < 1.29 is 9.90 Å². The molecule has 2 heterocycles. The summed E-state index contributed by atoms with van der Waals surface area (Å²) in [7, 11) is 0. The lowest BCUT2D eigenvalue weighted by atomic mass is 9.94. The van der Waals surface area contributed by atoms with Gasteiger partial charge in [-0.15, -0.1) is 0 Å². The van der Waals surface area contributed by atoms with Crippen LogP contribution in [0, 0.1) is 0 Å². The number of hydrogen-bond donors (Lipinski definition) is 1. The average Bonchev–Trinajstić information content (AvgIpc) is 2.93. The lowest BCUT2D eigenvalue weighted by Gasteiger charge is -2.39. The fraction of sp³-hybridized carbons (Fsp3) is 0.667. The molecule has 106 valence electrons. The molecule has 0 aromatic carbocycles. The van der Waals surface area contributed by atoms with Crippen molar-refractivity contribution in [1.82, 2.24) is 4.90 Å². The van der Waals surface area contributed by atoms with Gasteiger partial charge in [-0.25, -0.2) is 0 Å². The Bertz CT molecular complexity index is 391. The van der Waals surface area contributed by atoms with Gasteiger partial charge in [0, 0.05) is 6.04 Å².